The molecular formula is C20H29N3O3. The predicted octanol–water partition coefficient (Wildman–Crippen LogP) is 1.14. The Morgan fingerprint density at radius 1 is 1.27 bits per heavy atom. The lowest BCUT2D eigenvalue weighted by molar-refractivity contribution is -0.131. The Kier molecular flexibility index (Phi) is 6.27. The molecule has 6 nitrogen and oxygen atoms in total. The molecule has 0 unspecified atom stereocenters. The van der Waals surface area contributed by atoms with Gasteiger partial charge in [0.05, 0.1) is 12.1 Å². The van der Waals surface area contributed by atoms with Gasteiger partial charge in [-0.1, -0.05) is 38.1 Å². The van der Waals surface area contributed by atoms with Gasteiger partial charge in [-0.25, -0.2) is 0 Å². The third-order valence-electron chi connectivity index (χ3n) is 5.17. The molecule has 2 amide bonds. The van der Waals surface area contributed by atoms with Crippen molar-refractivity contribution in [3.05, 3.63) is 35.4 Å². The van der Waals surface area contributed by atoms with Crippen molar-refractivity contribution >= 4 is 11.8 Å². The van der Waals surface area contributed by atoms with Crippen LogP contribution in [0.4, 0.5) is 0 Å². The fourth-order valence-corrected chi connectivity index (χ4v) is 3.56. The van der Waals surface area contributed by atoms with E-state index in [1.54, 1.807) is 0 Å². The summed E-state index contributed by atoms with van der Waals surface area (Å²) in [7, 11) is 0. The molecule has 1 fully saturated rings. The maximum absolute atomic E-state index is 12.7. The number of nitrogens with one attached hydrogen (secondary N) is 3. The summed E-state index contributed by atoms with van der Waals surface area (Å²) in [4.78, 5) is 25.3. The van der Waals surface area contributed by atoms with Crippen LogP contribution in [0.3, 0.4) is 0 Å². The minimum atomic E-state index is -0.539. The third kappa shape index (κ3) is 4.62. The molecule has 0 aromatic heterocycles. The number of ether oxygens (including phenoxy) is 1. The van der Waals surface area contributed by atoms with Gasteiger partial charge in [-0.3, -0.25) is 9.59 Å². The molecule has 2 heterocycles. The average Bonchev–Trinajstić information content (AvgIpc) is 3.17. The maximum Gasteiger partial charge on any atom is 0.242 e. The number of amides is 2. The topological polar surface area (TPSA) is 79.5 Å². The van der Waals surface area contributed by atoms with Crippen LogP contribution in [0.2, 0.25) is 0 Å². The van der Waals surface area contributed by atoms with Crippen LogP contribution in [-0.4, -0.2) is 43.2 Å². The average molecular weight is 359 g/mol. The van der Waals surface area contributed by atoms with E-state index in [9.17, 15) is 9.59 Å². The second-order valence-electron chi connectivity index (χ2n) is 7.52. The van der Waals surface area contributed by atoms with Crippen molar-refractivity contribution in [2.75, 3.05) is 13.2 Å². The molecule has 0 radical (unpaired) electrons. The SMILES string of the molecule is CC(C)[C@H](NC(=O)[C@@H]1Cc2ccccc2CN1)C(=O)NC[C@H]1CCCO1. The van der Waals surface area contributed by atoms with E-state index in [4.69, 9.17) is 4.74 Å². The summed E-state index contributed by atoms with van der Waals surface area (Å²) >= 11 is 0. The van der Waals surface area contributed by atoms with Gasteiger partial charge >= 0.3 is 0 Å². The first-order valence-electron chi connectivity index (χ1n) is 9.54. The molecule has 0 aliphatic carbocycles. The first kappa shape index (κ1) is 18.9. The molecule has 0 bridgehead atoms. The Morgan fingerprint density at radius 3 is 2.73 bits per heavy atom. The molecule has 3 N–H and O–H groups in total. The first-order valence-corrected chi connectivity index (χ1v) is 9.54. The zero-order valence-corrected chi connectivity index (χ0v) is 15.6. The quantitative estimate of drug-likeness (QED) is 0.712. The fourth-order valence-electron chi connectivity index (χ4n) is 3.56. The smallest absolute Gasteiger partial charge is 0.242 e. The van der Waals surface area contributed by atoms with Crippen LogP contribution in [0, 0.1) is 5.92 Å². The van der Waals surface area contributed by atoms with Gasteiger partial charge in [-0.15, -0.1) is 0 Å². The van der Waals surface area contributed by atoms with Crippen molar-refractivity contribution in [2.45, 2.75) is 57.8 Å². The van der Waals surface area contributed by atoms with Crippen molar-refractivity contribution in [1.82, 2.24) is 16.0 Å². The molecule has 2 aliphatic rings. The molecular weight excluding hydrogens is 330 g/mol. The normalized spacial score (nSPS) is 23.3. The van der Waals surface area contributed by atoms with Gasteiger partial charge in [0.25, 0.3) is 0 Å². The minimum Gasteiger partial charge on any atom is -0.376 e. The molecule has 2 aliphatic heterocycles. The maximum atomic E-state index is 12.7. The van der Waals surface area contributed by atoms with Crippen molar-refractivity contribution in [2.24, 2.45) is 5.92 Å². The molecule has 0 spiro atoms. The Balaban J connectivity index is 1.55. The molecule has 6 heteroatoms. The molecule has 26 heavy (non-hydrogen) atoms. The molecule has 3 atom stereocenters. The molecule has 1 saturated heterocycles. The van der Waals surface area contributed by atoms with Crippen LogP contribution in [-0.2, 0) is 27.3 Å². The number of fused-ring (bicyclic) bond motifs is 1. The highest BCUT2D eigenvalue weighted by molar-refractivity contribution is 5.90. The molecule has 3 rings (SSSR count). The Hall–Kier alpha value is -1.92. The Morgan fingerprint density at radius 2 is 2.04 bits per heavy atom. The molecule has 1 aromatic carbocycles. The lowest BCUT2D eigenvalue weighted by atomic mass is 9.94. The number of hydrogen-bond acceptors (Lipinski definition) is 4. The van der Waals surface area contributed by atoms with Gasteiger partial charge in [0, 0.05) is 19.7 Å². The van der Waals surface area contributed by atoms with E-state index < -0.39 is 6.04 Å². The third-order valence-corrected chi connectivity index (χ3v) is 5.17. The lowest BCUT2D eigenvalue weighted by Gasteiger charge is -2.28. The van der Waals surface area contributed by atoms with Crippen molar-refractivity contribution in [3.8, 4) is 0 Å². The summed E-state index contributed by atoms with van der Waals surface area (Å²) in [5, 5.41) is 9.14. The largest absolute Gasteiger partial charge is 0.376 e. The lowest BCUT2D eigenvalue weighted by Crippen LogP contribution is -2.56. The van der Waals surface area contributed by atoms with E-state index >= 15 is 0 Å². The zero-order valence-electron chi connectivity index (χ0n) is 15.6. The number of hydrogen-bond donors (Lipinski definition) is 3. The number of rotatable bonds is 6. The van der Waals surface area contributed by atoms with E-state index in [2.05, 4.69) is 28.1 Å². The van der Waals surface area contributed by atoms with Gasteiger partial charge in [-0.2, -0.15) is 0 Å². The van der Waals surface area contributed by atoms with Crippen LogP contribution >= 0.6 is 0 Å². The fraction of sp³-hybridized carbons (Fsp3) is 0.600. The van der Waals surface area contributed by atoms with Gasteiger partial charge < -0.3 is 20.7 Å². The van der Waals surface area contributed by atoms with Crippen LogP contribution in [0.25, 0.3) is 0 Å². The van der Waals surface area contributed by atoms with Crippen LogP contribution in [0.15, 0.2) is 24.3 Å². The number of benzene rings is 1. The standard InChI is InChI=1S/C20H29N3O3/c1-13(2)18(20(25)22-12-16-8-5-9-26-16)23-19(24)17-10-14-6-3-4-7-15(14)11-21-17/h3-4,6-7,13,16-18,21H,5,8-12H2,1-2H3,(H,22,25)(H,23,24)/t16-,17+,18+/m1/s1. The highest BCUT2D eigenvalue weighted by Crippen LogP contribution is 2.17. The van der Waals surface area contributed by atoms with Crippen LogP contribution in [0.5, 0.6) is 0 Å². The molecule has 1 aromatic rings. The summed E-state index contributed by atoms with van der Waals surface area (Å²) in [6.07, 6.45) is 2.76. The van der Waals surface area contributed by atoms with E-state index in [0.29, 0.717) is 19.5 Å². The van der Waals surface area contributed by atoms with Crippen LogP contribution in [0.1, 0.15) is 37.8 Å². The second kappa shape index (κ2) is 8.64. The predicted molar refractivity (Wildman–Crippen MR) is 99.5 cm³/mol. The van der Waals surface area contributed by atoms with E-state index in [-0.39, 0.29) is 29.9 Å². The van der Waals surface area contributed by atoms with E-state index in [0.717, 1.165) is 19.4 Å². The minimum absolute atomic E-state index is 0.0133. The summed E-state index contributed by atoms with van der Waals surface area (Å²) in [6, 6.07) is 7.29. The van der Waals surface area contributed by atoms with E-state index in [1.807, 2.05) is 26.0 Å². The Bertz CT molecular complexity index is 641. The van der Waals surface area contributed by atoms with Gasteiger partial charge in [0.1, 0.15) is 6.04 Å². The van der Waals surface area contributed by atoms with Crippen molar-refractivity contribution in [1.29, 1.82) is 0 Å². The van der Waals surface area contributed by atoms with Crippen molar-refractivity contribution < 1.29 is 14.3 Å². The number of carbonyl (C=O) groups excluding carboxylic acids is 2. The molecule has 142 valence electrons. The first-order chi connectivity index (χ1) is 12.5. The molecule has 0 saturated carbocycles. The monoisotopic (exact) mass is 359 g/mol. The Labute approximate surface area is 155 Å². The summed E-state index contributed by atoms with van der Waals surface area (Å²) < 4.78 is 5.54. The highest BCUT2D eigenvalue weighted by Gasteiger charge is 2.30. The second-order valence-corrected chi connectivity index (χ2v) is 7.52. The van der Waals surface area contributed by atoms with E-state index in [1.165, 1.54) is 11.1 Å². The van der Waals surface area contributed by atoms with Gasteiger partial charge in [-0.05, 0) is 36.3 Å². The van der Waals surface area contributed by atoms with Gasteiger partial charge in [0.15, 0.2) is 0 Å². The van der Waals surface area contributed by atoms with Crippen LogP contribution < -0.4 is 16.0 Å². The van der Waals surface area contributed by atoms with Gasteiger partial charge in [0.2, 0.25) is 11.8 Å². The zero-order chi connectivity index (χ0) is 18.5. The highest BCUT2D eigenvalue weighted by atomic mass is 16.5. The summed E-state index contributed by atoms with van der Waals surface area (Å²) in [6.45, 7) is 5.83. The van der Waals surface area contributed by atoms with Crippen molar-refractivity contribution in [3.63, 3.8) is 0 Å². The number of carbonyl (C=O) groups is 2. The summed E-state index contributed by atoms with van der Waals surface area (Å²) in [5.41, 5.74) is 2.42. The summed E-state index contributed by atoms with van der Waals surface area (Å²) in [5.74, 6) is -0.246.